The number of ether oxygens (including phenoxy) is 2. The zero-order chi connectivity index (χ0) is 21.6. The minimum absolute atomic E-state index is 0.0110. The molecule has 0 atom stereocenters. The molecule has 1 amide bonds. The molecule has 2 aromatic heterocycles. The number of fused-ring (bicyclic) bond motifs is 1. The van der Waals surface area contributed by atoms with Crippen molar-refractivity contribution in [1.82, 2.24) is 15.3 Å². The molecule has 1 fully saturated rings. The van der Waals surface area contributed by atoms with Crippen LogP contribution in [0.5, 0.6) is 5.75 Å². The van der Waals surface area contributed by atoms with Crippen LogP contribution in [0.1, 0.15) is 53.8 Å². The molecule has 2 N–H and O–H groups in total. The van der Waals surface area contributed by atoms with E-state index in [0.717, 1.165) is 23.5 Å². The molecule has 2 heterocycles. The largest absolute Gasteiger partial charge is 0.497 e. The average Bonchev–Trinajstić information content (AvgIpc) is 3.22. The number of H-pyrrole nitrogens is 1. The molecule has 31 heavy (non-hydrogen) atoms. The van der Waals surface area contributed by atoms with E-state index in [0.29, 0.717) is 29.3 Å². The summed E-state index contributed by atoms with van der Waals surface area (Å²) in [5.41, 5.74) is 1.41. The number of thiophene rings is 1. The molecule has 1 aromatic carbocycles. The van der Waals surface area contributed by atoms with Crippen molar-refractivity contribution in [1.29, 1.82) is 0 Å². The molecule has 0 unspecified atom stereocenters. The summed E-state index contributed by atoms with van der Waals surface area (Å²) in [6.45, 7) is 1.43. The predicted molar refractivity (Wildman–Crippen MR) is 121 cm³/mol. The minimum Gasteiger partial charge on any atom is -0.497 e. The number of aromatic nitrogens is 2. The Morgan fingerprint density at radius 1 is 1.29 bits per heavy atom. The van der Waals surface area contributed by atoms with E-state index in [4.69, 9.17) is 9.47 Å². The second kappa shape index (κ2) is 10.1. The highest BCUT2D eigenvalue weighted by Crippen LogP contribution is 2.25. The Hall–Kier alpha value is -2.71. The summed E-state index contributed by atoms with van der Waals surface area (Å²) in [5, 5.41) is 5.20. The fourth-order valence-corrected chi connectivity index (χ4v) is 4.88. The lowest BCUT2D eigenvalue weighted by atomic mass is 9.90. The second-order valence-corrected chi connectivity index (χ2v) is 8.77. The van der Waals surface area contributed by atoms with Crippen LogP contribution in [0.15, 0.2) is 34.4 Å². The zero-order valence-corrected chi connectivity index (χ0v) is 18.4. The van der Waals surface area contributed by atoms with Gasteiger partial charge in [-0.15, -0.1) is 11.3 Å². The molecule has 0 spiro atoms. The van der Waals surface area contributed by atoms with E-state index in [2.05, 4.69) is 15.3 Å². The number of carbonyl (C=O) groups is 1. The molecule has 0 bridgehead atoms. The lowest BCUT2D eigenvalue weighted by Gasteiger charge is -2.21. The summed E-state index contributed by atoms with van der Waals surface area (Å²) in [5.74, 6) is 0.925. The standard InChI is InChI=1S/C23H27N3O4S/c1-29-18-9-5-8-16(10-18)11-24-22(28)20-25-21(27)19-17(14-31-23(19)26-20)13-30-12-15-6-3-2-4-7-15/h5,8-10,14-15H,2-4,6-7,11-13H2,1H3,(H,24,28)(H,25,26,27). The van der Waals surface area contributed by atoms with E-state index in [-0.39, 0.29) is 11.4 Å². The van der Waals surface area contributed by atoms with Gasteiger partial charge in [0.2, 0.25) is 5.82 Å². The summed E-state index contributed by atoms with van der Waals surface area (Å²) in [7, 11) is 1.60. The Kier molecular flexibility index (Phi) is 6.99. The van der Waals surface area contributed by atoms with Gasteiger partial charge in [0, 0.05) is 18.7 Å². The van der Waals surface area contributed by atoms with E-state index >= 15 is 0 Å². The summed E-state index contributed by atoms with van der Waals surface area (Å²) < 4.78 is 11.1. The van der Waals surface area contributed by atoms with Crippen molar-refractivity contribution in [2.45, 2.75) is 45.3 Å². The third-order valence-electron chi connectivity index (χ3n) is 5.66. The average molecular weight is 442 g/mol. The fourth-order valence-electron chi connectivity index (χ4n) is 3.96. The second-order valence-electron chi connectivity index (χ2n) is 7.91. The van der Waals surface area contributed by atoms with Crippen molar-refractivity contribution < 1.29 is 14.3 Å². The molecule has 0 radical (unpaired) electrons. The van der Waals surface area contributed by atoms with Gasteiger partial charge in [0.25, 0.3) is 11.5 Å². The van der Waals surface area contributed by atoms with Gasteiger partial charge in [-0.2, -0.15) is 0 Å². The highest BCUT2D eigenvalue weighted by molar-refractivity contribution is 7.16. The maximum atomic E-state index is 12.7. The van der Waals surface area contributed by atoms with Gasteiger partial charge < -0.3 is 19.8 Å². The molecule has 0 aliphatic heterocycles. The maximum Gasteiger partial charge on any atom is 0.287 e. The number of amides is 1. The molecule has 1 saturated carbocycles. The van der Waals surface area contributed by atoms with Crippen LogP contribution in [0, 0.1) is 5.92 Å². The van der Waals surface area contributed by atoms with Crippen LogP contribution in [-0.4, -0.2) is 29.6 Å². The molecule has 1 aliphatic carbocycles. The Morgan fingerprint density at radius 2 is 2.13 bits per heavy atom. The van der Waals surface area contributed by atoms with Gasteiger partial charge in [-0.25, -0.2) is 4.98 Å². The van der Waals surface area contributed by atoms with Crippen LogP contribution in [-0.2, 0) is 17.9 Å². The number of methoxy groups -OCH3 is 1. The Balaban J connectivity index is 1.40. The van der Waals surface area contributed by atoms with Gasteiger partial charge in [-0.3, -0.25) is 9.59 Å². The number of rotatable bonds is 8. The lowest BCUT2D eigenvalue weighted by molar-refractivity contribution is 0.0747. The van der Waals surface area contributed by atoms with Crippen LogP contribution in [0.2, 0.25) is 0 Å². The highest BCUT2D eigenvalue weighted by atomic mass is 32.1. The maximum absolute atomic E-state index is 12.7. The smallest absolute Gasteiger partial charge is 0.287 e. The highest BCUT2D eigenvalue weighted by Gasteiger charge is 2.17. The van der Waals surface area contributed by atoms with Gasteiger partial charge in [0.05, 0.1) is 19.1 Å². The first-order valence-electron chi connectivity index (χ1n) is 10.6. The topological polar surface area (TPSA) is 93.3 Å². The third kappa shape index (κ3) is 5.32. The van der Waals surface area contributed by atoms with Crippen molar-refractivity contribution in [3.63, 3.8) is 0 Å². The van der Waals surface area contributed by atoms with Crippen molar-refractivity contribution in [3.8, 4) is 5.75 Å². The van der Waals surface area contributed by atoms with Crippen LogP contribution >= 0.6 is 11.3 Å². The van der Waals surface area contributed by atoms with Gasteiger partial charge in [-0.1, -0.05) is 31.4 Å². The van der Waals surface area contributed by atoms with Gasteiger partial charge in [0.15, 0.2) is 0 Å². The zero-order valence-electron chi connectivity index (χ0n) is 17.6. The number of benzene rings is 1. The summed E-state index contributed by atoms with van der Waals surface area (Å²) in [6, 6.07) is 7.43. The van der Waals surface area contributed by atoms with Gasteiger partial charge in [-0.05, 0) is 41.8 Å². The molecule has 0 saturated heterocycles. The molecule has 164 valence electrons. The predicted octanol–water partition coefficient (Wildman–Crippen LogP) is 4.02. The van der Waals surface area contributed by atoms with Crippen LogP contribution < -0.4 is 15.6 Å². The molecule has 7 nitrogen and oxygen atoms in total. The van der Waals surface area contributed by atoms with Crippen LogP contribution in [0.4, 0.5) is 0 Å². The normalized spacial score (nSPS) is 14.6. The van der Waals surface area contributed by atoms with E-state index in [1.807, 2.05) is 29.6 Å². The first-order valence-corrected chi connectivity index (χ1v) is 11.5. The molecule has 1 aliphatic rings. The number of hydrogen-bond donors (Lipinski definition) is 2. The van der Waals surface area contributed by atoms with Gasteiger partial charge >= 0.3 is 0 Å². The first kappa shape index (κ1) is 21.5. The van der Waals surface area contributed by atoms with E-state index in [9.17, 15) is 9.59 Å². The Bertz CT molecular complexity index is 1100. The summed E-state index contributed by atoms with van der Waals surface area (Å²) >= 11 is 1.36. The van der Waals surface area contributed by atoms with Crippen molar-refractivity contribution in [2.75, 3.05) is 13.7 Å². The lowest BCUT2D eigenvalue weighted by Crippen LogP contribution is -2.27. The molecule has 4 rings (SSSR count). The van der Waals surface area contributed by atoms with Gasteiger partial charge in [0.1, 0.15) is 10.6 Å². The fraction of sp³-hybridized carbons (Fsp3) is 0.435. The number of carbonyl (C=O) groups excluding carboxylic acids is 1. The molecule has 8 heteroatoms. The minimum atomic E-state index is -0.426. The first-order chi connectivity index (χ1) is 15.1. The summed E-state index contributed by atoms with van der Waals surface area (Å²) in [6.07, 6.45) is 6.33. The quantitative estimate of drug-likeness (QED) is 0.551. The Morgan fingerprint density at radius 3 is 2.94 bits per heavy atom. The SMILES string of the molecule is COc1cccc(CNC(=O)c2nc3scc(COCC4CCCCC4)c3c(=O)[nH]2)c1. The number of hydrogen-bond acceptors (Lipinski definition) is 6. The van der Waals surface area contributed by atoms with Crippen molar-refractivity contribution in [2.24, 2.45) is 5.92 Å². The monoisotopic (exact) mass is 441 g/mol. The third-order valence-corrected chi connectivity index (χ3v) is 6.58. The number of aromatic amines is 1. The summed E-state index contributed by atoms with van der Waals surface area (Å²) in [4.78, 5) is 32.7. The van der Waals surface area contributed by atoms with E-state index < -0.39 is 5.91 Å². The number of nitrogens with one attached hydrogen (secondary N) is 2. The number of nitrogens with zero attached hydrogens (tertiary/aromatic N) is 1. The van der Waals surface area contributed by atoms with Crippen molar-refractivity contribution in [3.05, 3.63) is 57.0 Å². The van der Waals surface area contributed by atoms with E-state index in [1.54, 1.807) is 7.11 Å². The Labute approximate surface area is 184 Å². The van der Waals surface area contributed by atoms with E-state index in [1.165, 1.54) is 43.4 Å². The molecular formula is C23H27N3O4S. The van der Waals surface area contributed by atoms with Crippen LogP contribution in [0.25, 0.3) is 10.2 Å². The van der Waals surface area contributed by atoms with Crippen LogP contribution in [0.3, 0.4) is 0 Å². The molecule has 3 aromatic rings. The molecular weight excluding hydrogens is 414 g/mol. The van der Waals surface area contributed by atoms with Crippen molar-refractivity contribution >= 4 is 27.5 Å².